The van der Waals surface area contributed by atoms with Gasteiger partial charge in [-0.2, -0.15) is 5.26 Å². The highest BCUT2D eigenvalue weighted by atomic mass is 32.1. The van der Waals surface area contributed by atoms with Crippen LogP contribution in [-0.4, -0.2) is 24.5 Å². The fraction of sp³-hybridized carbons (Fsp3) is 0.200. The van der Waals surface area contributed by atoms with Gasteiger partial charge < -0.3 is 10.1 Å². The van der Waals surface area contributed by atoms with Crippen LogP contribution in [0, 0.1) is 11.3 Å². The molecule has 0 saturated carbocycles. The third kappa shape index (κ3) is 5.17. The van der Waals surface area contributed by atoms with Gasteiger partial charge in [0.2, 0.25) is 5.91 Å². The Morgan fingerprint density at radius 1 is 1.15 bits per heavy atom. The first kappa shape index (κ1) is 19.1. The van der Waals surface area contributed by atoms with Crippen molar-refractivity contribution < 1.29 is 9.53 Å². The maximum atomic E-state index is 12.6. The van der Waals surface area contributed by atoms with E-state index in [9.17, 15) is 4.79 Å². The Morgan fingerprint density at radius 2 is 2.00 bits per heavy atom. The molecule has 0 saturated heterocycles. The van der Waals surface area contributed by atoms with Crippen molar-refractivity contribution >= 4 is 33.6 Å². The second kappa shape index (κ2) is 9.33. The van der Waals surface area contributed by atoms with Crippen LogP contribution >= 0.6 is 22.7 Å². The van der Waals surface area contributed by atoms with E-state index in [0.29, 0.717) is 23.7 Å². The minimum Gasteiger partial charge on any atom is -0.496 e. The third-order valence-electron chi connectivity index (χ3n) is 3.95. The Morgan fingerprint density at radius 3 is 2.74 bits per heavy atom. The Balaban J connectivity index is 1.73. The Hall–Kier alpha value is -2.66. The number of nitrogens with zero attached hydrogens (tertiary/aromatic N) is 2. The summed E-state index contributed by atoms with van der Waals surface area (Å²) in [5.41, 5.74) is 1.51. The molecule has 27 heavy (non-hydrogen) atoms. The zero-order chi connectivity index (χ0) is 19.1. The van der Waals surface area contributed by atoms with Crippen LogP contribution in [-0.2, 0) is 17.9 Å². The molecule has 0 aliphatic carbocycles. The van der Waals surface area contributed by atoms with Crippen LogP contribution in [0.25, 0.3) is 0 Å². The lowest BCUT2D eigenvalue weighted by atomic mass is 10.2. The van der Waals surface area contributed by atoms with Crippen LogP contribution in [0.15, 0.2) is 53.2 Å². The number of thiophene rings is 2. The zero-order valence-corrected chi connectivity index (χ0v) is 16.5. The number of para-hydroxylation sites is 1. The molecule has 1 aromatic carbocycles. The predicted molar refractivity (Wildman–Crippen MR) is 109 cm³/mol. The monoisotopic (exact) mass is 397 g/mol. The minimum atomic E-state index is -0.139. The Labute approximate surface area is 166 Å². The summed E-state index contributed by atoms with van der Waals surface area (Å²) in [6, 6.07) is 15.7. The van der Waals surface area contributed by atoms with E-state index in [0.717, 1.165) is 11.3 Å². The molecule has 2 aromatic heterocycles. The number of amides is 1. The quantitative estimate of drug-likeness (QED) is 0.614. The van der Waals surface area contributed by atoms with E-state index in [-0.39, 0.29) is 12.5 Å². The van der Waals surface area contributed by atoms with Crippen molar-refractivity contribution in [2.24, 2.45) is 0 Å². The maximum Gasteiger partial charge on any atom is 0.239 e. The highest BCUT2D eigenvalue weighted by molar-refractivity contribution is 7.14. The number of ether oxygens (including phenoxy) is 1. The summed E-state index contributed by atoms with van der Waals surface area (Å²) in [4.78, 5) is 15.8. The number of anilines is 1. The largest absolute Gasteiger partial charge is 0.496 e. The number of benzene rings is 1. The summed E-state index contributed by atoms with van der Waals surface area (Å²) >= 11 is 3.02. The van der Waals surface area contributed by atoms with E-state index in [4.69, 9.17) is 10.00 Å². The van der Waals surface area contributed by atoms with Gasteiger partial charge in [0.15, 0.2) is 0 Å². The van der Waals surface area contributed by atoms with Crippen molar-refractivity contribution in [2.75, 3.05) is 19.0 Å². The standard InChI is InChI=1S/C20H19N3O2S2/c1-25-18-7-3-2-5-16(18)12-23(13-17-6-4-9-26-17)14-19(24)22-20-15(11-21)8-10-27-20/h2-10H,12-14H2,1H3,(H,22,24). The molecule has 0 spiro atoms. The summed E-state index contributed by atoms with van der Waals surface area (Å²) in [5, 5.41) is 16.4. The van der Waals surface area contributed by atoms with Gasteiger partial charge in [0.1, 0.15) is 16.8 Å². The SMILES string of the molecule is COc1ccccc1CN(CC(=O)Nc1sccc1C#N)Cc1cccs1. The van der Waals surface area contributed by atoms with Crippen molar-refractivity contribution in [2.45, 2.75) is 13.1 Å². The van der Waals surface area contributed by atoms with E-state index in [1.165, 1.54) is 16.2 Å². The number of carbonyl (C=O) groups is 1. The normalized spacial score (nSPS) is 10.6. The topological polar surface area (TPSA) is 65.4 Å². The third-order valence-corrected chi connectivity index (χ3v) is 5.64. The molecule has 0 aliphatic heterocycles. The Bertz CT molecular complexity index is 929. The second-order valence-corrected chi connectivity index (χ2v) is 7.81. The van der Waals surface area contributed by atoms with Gasteiger partial charge in [-0.3, -0.25) is 9.69 Å². The highest BCUT2D eigenvalue weighted by Gasteiger charge is 2.16. The molecule has 0 unspecified atom stereocenters. The molecular weight excluding hydrogens is 378 g/mol. The van der Waals surface area contributed by atoms with E-state index in [1.54, 1.807) is 29.9 Å². The average molecular weight is 398 g/mol. The molecule has 5 nitrogen and oxygen atoms in total. The van der Waals surface area contributed by atoms with Crippen LogP contribution in [0.3, 0.4) is 0 Å². The molecule has 0 aliphatic rings. The van der Waals surface area contributed by atoms with Crippen molar-refractivity contribution in [1.29, 1.82) is 5.26 Å². The summed E-state index contributed by atoms with van der Waals surface area (Å²) < 4.78 is 5.44. The van der Waals surface area contributed by atoms with Crippen molar-refractivity contribution in [1.82, 2.24) is 4.90 Å². The molecular formula is C20H19N3O2S2. The molecule has 3 aromatic rings. The van der Waals surface area contributed by atoms with Crippen LogP contribution in [0.1, 0.15) is 16.0 Å². The van der Waals surface area contributed by atoms with E-state index in [2.05, 4.69) is 22.4 Å². The number of rotatable bonds is 8. The number of nitrogens with one attached hydrogen (secondary N) is 1. The number of hydrogen-bond donors (Lipinski definition) is 1. The zero-order valence-electron chi connectivity index (χ0n) is 14.8. The minimum absolute atomic E-state index is 0.139. The first-order valence-electron chi connectivity index (χ1n) is 8.33. The van der Waals surface area contributed by atoms with Crippen LogP contribution in [0.2, 0.25) is 0 Å². The van der Waals surface area contributed by atoms with Crippen molar-refractivity contribution in [3.8, 4) is 11.8 Å². The molecule has 3 rings (SSSR count). The maximum absolute atomic E-state index is 12.6. The van der Waals surface area contributed by atoms with Gasteiger partial charge in [0, 0.05) is 23.5 Å². The summed E-state index contributed by atoms with van der Waals surface area (Å²) in [6.07, 6.45) is 0. The van der Waals surface area contributed by atoms with Gasteiger partial charge in [-0.15, -0.1) is 22.7 Å². The first-order valence-corrected chi connectivity index (χ1v) is 10.1. The summed E-state index contributed by atoms with van der Waals surface area (Å²) in [7, 11) is 1.65. The van der Waals surface area contributed by atoms with Crippen LogP contribution < -0.4 is 10.1 Å². The van der Waals surface area contributed by atoms with Gasteiger partial charge >= 0.3 is 0 Å². The molecule has 138 valence electrons. The fourth-order valence-corrected chi connectivity index (χ4v) is 4.23. The summed E-state index contributed by atoms with van der Waals surface area (Å²) in [6.45, 7) is 1.47. The number of methoxy groups -OCH3 is 1. The molecule has 0 atom stereocenters. The molecule has 0 fully saturated rings. The van der Waals surface area contributed by atoms with E-state index >= 15 is 0 Å². The molecule has 0 radical (unpaired) electrons. The highest BCUT2D eigenvalue weighted by Crippen LogP contribution is 2.23. The average Bonchev–Trinajstić information content (AvgIpc) is 3.33. The van der Waals surface area contributed by atoms with Gasteiger partial charge in [-0.05, 0) is 29.0 Å². The lowest BCUT2D eigenvalue weighted by molar-refractivity contribution is -0.117. The lowest BCUT2D eigenvalue weighted by Gasteiger charge is -2.22. The fourth-order valence-electron chi connectivity index (χ4n) is 2.73. The van der Waals surface area contributed by atoms with E-state index in [1.807, 2.05) is 35.7 Å². The van der Waals surface area contributed by atoms with Crippen LogP contribution in [0.5, 0.6) is 5.75 Å². The first-order chi connectivity index (χ1) is 13.2. The van der Waals surface area contributed by atoms with Gasteiger partial charge in [0.25, 0.3) is 0 Å². The summed E-state index contributed by atoms with van der Waals surface area (Å²) in [5.74, 6) is 0.666. The molecule has 2 heterocycles. The molecule has 1 amide bonds. The van der Waals surface area contributed by atoms with Crippen molar-refractivity contribution in [3.63, 3.8) is 0 Å². The lowest BCUT2D eigenvalue weighted by Crippen LogP contribution is -2.32. The van der Waals surface area contributed by atoms with Crippen LogP contribution in [0.4, 0.5) is 5.00 Å². The molecule has 0 bridgehead atoms. The predicted octanol–water partition coefficient (Wildman–Crippen LogP) is 4.33. The smallest absolute Gasteiger partial charge is 0.239 e. The number of nitriles is 1. The molecule has 1 N–H and O–H groups in total. The second-order valence-electron chi connectivity index (χ2n) is 5.86. The van der Waals surface area contributed by atoms with Gasteiger partial charge in [0.05, 0.1) is 19.2 Å². The van der Waals surface area contributed by atoms with Gasteiger partial charge in [-0.25, -0.2) is 0 Å². The number of hydrogen-bond acceptors (Lipinski definition) is 6. The van der Waals surface area contributed by atoms with E-state index < -0.39 is 0 Å². The Kier molecular flexibility index (Phi) is 6.60. The molecule has 7 heteroatoms. The number of carbonyl (C=O) groups excluding carboxylic acids is 1. The van der Waals surface area contributed by atoms with Gasteiger partial charge in [-0.1, -0.05) is 24.3 Å². The van der Waals surface area contributed by atoms with Crippen molar-refractivity contribution in [3.05, 3.63) is 69.2 Å².